The second-order valence-electron chi connectivity index (χ2n) is 5.98. The van der Waals surface area contributed by atoms with Crippen LogP contribution in [0.5, 0.6) is 11.5 Å². The molecule has 0 amide bonds. The summed E-state index contributed by atoms with van der Waals surface area (Å²) in [7, 11) is 3.15. The number of aliphatic hydroxyl groups excluding tert-OH is 1. The Morgan fingerprint density at radius 3 is 2.83 bits per heavy atom. The molecule has 0 fully saturated rings. The summed E-state index contributed by atoms with van der Waals surface area (Å²) >= 11 is 0. The van der Waals surface area contributed by atoms with Crippen molar-refractivity contribution in [3.63, 3.8) is 0 Å². The van der Waals surface area contributed by atoms with Crippen LogP contribution in [0.3, 0.4) is 0 Å². The van der Waals surface area contributed by atoms with E-state index in [1.165, 1.54) is 5.56 Å². The van der Waals surface area contributed by atoms with Gasteiger partial charge in [-0.05, 0) is 54.3 Å². The number of aromatic hydroxyl groups is 1. The van der Waals surface area contributed by atoms with Crippen LogP contribution in [0, 0.1) is 0 Å². The van der Waals surface area contributed by atoms with Crippen molar-refractivity contribution in [1.29, 1.82) is 0 Å². The zero-order chi connectivity index (χ0) is 16.4. The van der Waals surface area contributed by atoms with Crippen LogP contribution in [0.25, 0.3) is 0 Å². The van der Waals surface area contributed by atoms with Gasteiger partial charge in [-0.2, -0.15) is 0 Å². The lowest BCUT2D eigenvalue weighted by Gasteiger charge is -2.29. The van der Waals surface area contributed by atoms with Crippen LogP contribution in [0.1, 0.15) is 23.6 Å². The molecule has 0 saturated heterocycles. The van der Waals surface area contributed by atoms with Gasteiger partial charge in [0.2, 0.25) is 0 Å². The van der Waals surface area contributed by atoms with Crippen LogP contribution in [0.15, 0.2) is 35.9 Å². The quantitative estimate of drug-likeness (QED) is 0.790. The highest BCUT2D eigenvalue weighted by atomic mass is 16.5. The highest BCUT2D eigenvalue weighted by Gasteiger charge is 2.25. The molecule has 0 saturated carbocycles. The van der Waals surface area contributed by atoms with E-state index in [4.69, 9.17) is 9.47 Å². The van der Waals surface area contributed by atoms with Crippen LogP contribution in [-0.2, 0) is 11.2 Å². The largest absolute Gasteiger partial charge is 0.504 e. The van der Waals surface area contributed by atoms with E-state index < -0.39 is 6.10 Å². The number of phenolic OH excluding ortho intramolecular Hbond substituents is 1. The standard InChI is InChI=1S/C18H23NO4/c1-22-17-4-3-11(8-15(17)20)7-14-13-10-16(21)18(23-2)9-12(13)5-6-19-14/h3-4,8-10,14-15,17,19-21H,5-7H2,1-2H3. The van der Waals surface area contributed by atoms with Gasteiger partial charge in [-0.3, -0.25) is 0 Å². The Bertz CT molecular complexity index is 638. The Morgan fingerprint density at radius 1 is 1.30 bits per heavy atom. The normalized spacial score (nSPS) is 26.6. The Morgan fingerprint density at radius 2 is 2.13 bits per heavy atom. The molecule has 0 radical (unpaired) electrons. The molecule has 2 aliphatic rings. The maximum Gasteiger partial charge on any atom is 0.160 e. The summed E-state index contributed by atoms with van der Waals surface area (Å²) in [5.41, 5.74) is 3.35. The van der Waals surface area contributed by atoms with Crippen molar-refractivity contribution in [1.82, 2.24) is 5.32 Å². The molecule has 23 heavy (non-hydrogen) atoms. The first-order valence-corrected chi connectivity index (χ1v) is 7.85. The number of ether oxygens (including phenoxy) is 2. The van der Waals surface area contributed by atoms with Crippen molar-refractivity contribution in [2.24, 2.45) is 0 Å². The SMILES string of the molecule is COc1cc2c(cc1O)C(CC1=CC(O)C(OC)C=C1)NCC2. The number of fused-ring (bicyclic) bond motifs is 1. The average Bonchev–Trinajstić information content (AvgIpc) is 2.55. The fourth-order valence-corrected chi connectivity index (χ4v) is 3.30. The number of allylic oxidation sites excluding steroid dienone is 1. The van der Waals surface area contributed by atoms with Crippen molar-refractivity contribution in [3.8, 4) is 11.5 Å². The van der Waals surface area contributed by atoms with Crippen molar-refractivity contribution < 1.29 is 19.7 Å². The van der Waals surface area contributed by atoms with E-state index in [1.807, 2.05) is 24.3 Å². The number of methoxy groups -OCH3 is 2. The van der Waals surface area contributed by atoms with E-state index in [1.54, 1.807) is 20.3 Å². The summed E-state index contributed by atoms with van der Waals surface area (Å²) in [4.78, 5) is 0. The number of nitrogens with one attached hydrogen (secondary N) is 1. The first-order valence-electron chi connectivity index (χ1n) is 7.85. The molecule has 0 aromatic heterocycles. The van der Waals surface area contributed by atoms with Crippen molar-refractivity contribution in [3.05, 3.63) is 47.1 Å². The summed E-state index contributed by atoms with van der Waals surface area (Å²) in [6, 6.07) is 3.81. The van der Waals surface area contributed by atoms with Crippen LogP contribution in [0.2, 0.25) is 0 Å². The fraction of sp³-hybridized carbons (Fsp3) is 0.444. The monoisotopic (exact) mass is 317 g/mol. The summed E-state index contributed by atoms with van der Waals surface area (Å²) < 4.78 is 10.4. The summed E-state index contributed by atoms with van der Waals surface area (Å²) in [6.07, 6.45) is 6.49. The second kappa shape index (κ2) is 6.74. The van der Waals surface area contributed by atoms with E-state index in [0.29, 0.717) is 5.75 Å². The molecule has 124 valence electrons. The molecule has 0 bridgehead atoms. The van der Waals surface area contributed by atoms with E-state index in [9.17, 15) is 10.2 Å². The van der Waals surface area contributed by atoms with E-state index in [2.05, 4.69) is 5.32 Å². The van der Waals surface area contributed by atoms with Crippen molar-refractivity contribution >= 4 is 0 Å². The maximum atomic E-state index is 10.1. The van der Waals surface area contributed by atoms with E-state index in [-0.39, 0.29) is 17.9 Å². The average molecular weight is 317 g/mol. The van der Waals surface area contributed by atoms with Crippen LogP contribution in [-0.4, -0.2) is 43.2 Å². The fourth-order valence-electron chi connectivity index (χ4n) is 3.30. The number of hydrogen-bond donors (Lipinski definition) is 3. The zero-order valence-electron chi connectivity index (χ0n) is 13.5. The smallest absolute Gasteiger partial charge is 0.160 e. The van der Waals surface area contributed by atoms with Gasteiger partial charge in [-0.25, -0.2) is 0 Å². The third-order valence-electron chi connectivity index (χ3n) is 4.53. The molecule has 1 aliphatic carbocycles. The Hall–Kier alpha value is -1.82. The molecule has 1 aromatic carbocycles. The van der Waals surface area contributed by atoms with Crippen LogP contribution in [0.4, 0.5) is 0 Å². The van der Waals surface area contributed by atoms with Crippen LogP contribution >= 0.6 is 0 Å². The second-order valence-corrected chi connectivity index (χ2v) is 5.98. The molecule has 1 aromatic rings. The first kappa shape index (κ1) is 16.1. The topological polar surface area (TPSA) is 71.0 Å². The number of benzene rings is 1. The molecular weight excluding hydrogens is 294 g/mol. The van der Waals surface area contributed by atoms with Gasteiger partial charge in [0, 0.05) is 13.2 Å². The van der Waals surface area contributed by atoms with Gasteiger partial charge in [0.05, 0.1) is 7.11 Å². The Balaban J connectivity index is 1.81. The molecular formula is C18H23NO4. The number of phenols is 1. The Kier molecular flexibility index (Phi) is 4.71. The number of aliphatic hydroxyl groups is 1. The highest BCUT2D eigenvalue weighted by molar-refractivity contribution is 5.49. The first-order chi connectivity index (χ1) is 11.1. The molecule has 3 atom stereocenters. The summed E-state index contributed by atoms with van der Waals surface area (Å²) in [6.45, 7) is 0.881. The third-order valence-corrected chi connectivity index (χ3v) is 4.53. The van der Waals surface area contributed by atoms with Crippen molar-refractivity contribution in [2.75, 3.05) is 20.8 Å². The minimum Gasteiger partial charge on any atom is -0.504 e. The van der Waals surface area contributed by atoms with Gasteiger partial charge in [0.25, 0.3) is 0 Å². The van der Waals surface area contributed by atoms with Gasteiger partial charge in [0.1, 0.15) is 12.2 Å². The van der Waals surface area contributed by atoms with E-state index >= 15 is 0 Å². The predicted molar refractivity (Wildman–Crippen MR) is 87.8 cm³/mol. The lowest BCUT2D eigenvalue weighted by atomic mass is 9.88. The number of rotatable bonds is 4. The maximum absolute atomic E-state index is 10.1. The molecule has 0 spiro atoms. The molecule has 1 heterocycles. The lowest BCUT2D eigenvalue weighted by molar-refractivity contribution is 0.0409. The molecule has 5 heteroatoms. The van der Waals surface area contributed by atoms with Crippen molar-refractivity contribution in [2.45, 2.75) is 31.1 Å². The molecule has 1 aliphatic heterocycles. The zero-order valence-corrected chi connectivity index (χ0v) is 13.5. The summed E-state index contributed by atoms with van der Waals surface area (Å²) in [5.74, 6) is 0.673. The van der Waals surface area contributed by atoms with Crippen LogP contribution < -0.4 is 10.1 Å². The minimum absolute atomic E-state index is 0.109. The highest BCUT2D eigenvalue weighted by Crippen LogP contribution is 2.36. The number of hydrogen-bond acceptors (Lipinski definition) is 5. The van der Waals surface area contributed by atoms with Gasteiger partial charge >= 0.3 is 0 Å². The summed E-state index contributed by atoms with van der Waals surface area (Å²) in [5, 5.41) is 23.6. The van der Waals surface area contributed by atoms with Gasteiger partial charge in [-0.1, -0.05) is 12.2 Å². The molecule has 3 unspecified atom stereocenters. The molecule has 5 nitrogen and oxygen atoms in total. The van der Waals surface area contributed by atoms with E-state index in [0.717, 1.165) is 30.5 Å². The van der Waals surface area contributed by atoms with Gasteiger partial charge in [-0.15, -0.1) is 0 Å². The molecule has 3 N–H and O–H groups in total. The van der Waals surface area contributed by atoms with Gasteiger partial charge in [0.15, 0.2) is 11.5 Å². The lowest BCUT2D eigenvalue weighted by Crippen LogP contribution is -2.31. The Labute approximate surface area is 136 Å². The molecule has 3 rings (SSSR count). The minimum atomic E-state index is -0.618. The predicted octanol–water partition coefficient (Wildman–Crippen LogP) is 1.85. The third kappa shape index (κ3) is 3.27. The van der Waals surface area contributed by atoms with Gasteiger partial charge < -0.3 is 25.0 Å².